The van der Waals surface area contributed by atoms with Gasteiger partial charge in [0.2, 0.25) is 0 Å². The van der Waals surface area contributed by atoms with Gasteiger partial charge in [-0.2, -0.15) is 13.2 Å². The van der Waals surface area contributed by atoms with Crippen LogP contribution >= 0.6 is 11.8 Å². The number of hydrogen-bond acceptors (Lipinski definition) is 2. The minimum atomic E-state index is -4.32. The number of nitrogens with zero attached hydrogens (tertiary/aromatic N) is 1. The molecule has 108 valence electrons. The highest BCUT2D eigenvalue weighted by molar-refractivity contribution is 7.99. The Kier molecular flexibility index (Phi) is 4.91. The average Bonchev–Trinajstić information content (AvgIpc) is 2.42. The number of benzene rings is 1. The predicted octanol–water partition coefficient (Wildman–Crippen LogP) is 5.54. The van der Waals surface area contributed by atoms with Crippen molar-refractivity contribution in [1.29, 1.82) is 0 Å². The maximum absolute atomic E-state index is 12.7. The summed E-state index contributed by atoms with van der Waals surface area (Å²) in [7, 11) is 0. The molecule has 0 aliphatic carbocycles. The molecular weight excluding hydrogens is 283 g/mol. The van der Waals surface area contributed by atoms with E-state index in [0.29, 0.717) is 5.52 Å². The number of aromatic nitrogens is 1. The first-order valence-electron chi connectivity index (χ1n) is 6.61. The molecule has 1 nitrogen and oxygen atoms in total. The van der Waals surface area contributed by atoms with E-state index in [1.54, 1.807) is 18.0 Å². The molecular formula is C15H16F3NS. The van der Waals surface area contributed by atoms with E-state index in [9.17, 15) is 13.2 Å². The molecule has 1 aromatic carbocycles. The zero-order valence-corrected chi connectivity index (χ0v) is 12.0. The molecule has 0 fully saturated rings. The molecule has 0 radical (unpaired) electrons. The monoisotopic (exact) mass is 299 g/mol. The van der Waals surface area contributed by atoms with Crippen LogP contribution in [0.15, 0.2) is 35.4 Å². The third-order valence-corrected chi connectivity index (χ3v) is 4.20. The lowest BCUT2D eigenvalue weighted by molar-refractivity contribution is -0.137. The van der Waals surface area contributed by atoms with E-state index in [2.05, 4.69) is 11.9 Å². The van der Waals surface area contributed by atoms with Crippen LogP contribution < -0.4 is 0 Å². The number of alkyl halides is 3. The smallest absolute Gasteiger partial charge is 0.256 e. The SMILES string of the molecule is CCCCCSc1ccnc2cc(C(F)(F)F)ccc12. The molecule has 5 heteroatoms. The number of fused-ring (bicyclic) bond motifs is 1. The van der Waals surface area contributed by atoms with E-state index >= 15 is 0 Å². The van der Waals surface area contributed by atoms with Gasteiger partial charge in [0.25, 0.3) is 0 Å². The first-order chi connectivity index (χ1) is 9.52. The van der Waals surface area contributed by atoms with Crippen molar-refractivity contribution >= 4 is 22.7 Å². The summed E-state index contributed by atoms with van der Waals surface area (Å²) in [5, 5.41) is 0.794. The zero-order chi connectivity index (χ0) is 14.6. The molecule has 0 N–H and O–H groups in total. The third-order valence-electron chi connectivity index (χ3n) is 3.04. The summed E-state index contributed by atoms with van der Waals surface area (Å²) in [6.07, 6.45) is 0.706. The Balaban J connectivity index is 2.24. The van der Waals surface area contributed by atoms with Gasteiger partial charge in [0.1, 0.15) is 0 Å². The van der Waals surface area contributed by atoms with Crippen molar-refractivity contribution in [2.45, 2.75) is 37.3 Å². The summed E-state index contributed by atoms with van der Waals surface area (Å²) in [6, 6.07) is 5.63. The summed E-state index contributed by atoms with van der Waals surface area (Å²) in [6.45, 7) is 2.14. The molecule has 1 aromatic heterocycles. The predicted molar refractivity (Wildman–Crippen MR) is 77.0 cm³/mol. The first kappa shape index (κ1) is 15.2. The van der Waals surface area contributed by atoms with E-state index in [0.717, 1.165) is 41.0 Å². The number of hydrogen-bond donors (Lipinski definition) is 0. The number of rotatable bonds is 5. The lowest BCUT2D eigenvalue weighted by Crippen LogP contribution is -2.04. The van der Waals surface area contributed by atoms with Crippen molar-refractivity contribution in [2.24, 2.45) is 0 Å². The van der Waals surface area contributed by atoms with Crippen molar-refractivity contribution < 1.29 is 13.2 Å². The Morgan fingerprint density at radius 3 is 2.65 bits per heavy atom. The molecule has 20 heavy (non-hydrogen) atoms. The Hall–Kier alpha value is -1.23. The molecule has 0 aliphatic rings. The lowest BCUT2D eigenvalue weighted by Gasteiger charge is -2.09. The summed E-state index contributed by atoms with van der Waals surface area (Å²) in [4.78, 5) is 5.05. The molecule has 0 spiro atoms. The van der Waals surface area contributed by atoms with Crippen molar-refractivity contribution in [1.82, 2.24) is 4.98 Å². The van der Waals surface area contributed by atoms with Gasteiger partial charge in [-0.15, -0.1) is 11.8 Å². The van der Waals surface area contributed by atoms with E-state index < -0.39 is 11.7 Å². The molecule has 0 atom stereocenters. The quantitative estimate of drug-likeness (QED) is 0.531. The van der Waals surface area contributed by atoms with Gasteiger partial charge >= 0.3 is 6.18 Å². The standard InChI is InChI=1S/C15H16F3NS/c1-2-3-4-9-20-14-7-8-19-13-10-11(15(16,17)18)5-6-12(13)14/h5-8,10H,2-4,9H2,1H3. The van der Waals surface area contributed by atoms with Crippen LogP contribution in [0.5, 0.6) is 0 Å². The molecule has 0 bridgehead atoms. The van der Waals surface area contributed by atoms with Crippen LogP contribution in [-0.2, 0) is 6.18 Å². The van der Waals surface area contributed by atoms with Crippen LogP contribution in [0.1, 0.15) is 31.7 Å². The summed E-state index contributed by atoms with van der Waals surface area (Å²) in [5.74, 6) is 0.980. The van der Waals surface area contributed by atoms with Crippen LogP contribution in [0.3, 0.4) is 0 Å². The van der Waals surface area contributed by atoms with E-state index in [1.165, 1.54) is 12.5 Å². The fourth-order valence-corrected chi connectivity index (χ4v) is 3.01. The Bertz CT molecular complexity index is 581. The van der Waals surface area contributed by atoms with Crippen molar-refractivity contribution in [3.63, 3.8) is 0 Å². The van der Waals surface area contributed by atoms with E-state index in [-0.39, 0.29) is 0 Å². The van der Waals surface area contributed by atoms with Crippen LogP contribution in [0.4, 0.5) is 13.2 Å². The van der Waals surface area contributed by atoms with Gasteiger partial charge in [-0.25, -0.2) is 0 Å². The van der Waals surface area contributed by atoms with Crippen molar-refractivity contribution in [3.8, 4) is 0 Å². The number of thioether (sulfide) groups is 1. The first-order valence-corrected chi connectivity index (χ1v) is 7.59. The number of unbranched alkanes of at least 4 members (excludes halogenated alkanes) is 2. The molecule has 2 aromatic rings. The Morgan fingerprint density at radius 2 is 1.95 bits per heavy atom. The summed E-state index contributed by atoms with van der Waals surface area (Å²) in [5.41, 5.74) is -0.244. The summed E-state index contributed by atoms with van der Waals surface area (Å²) >= 11 is 1.68. The number of halogens is 3. The van der Waals surface area contributed by atoms with Crippen LogP contribution in [0.25, 0.3) is 10.9 Å². The third kappa shape index (κ3) is 3.66. The van der Waals surface area contributed by atoms with Gasteiger partial charge in [0.15, 0.2) is 0 Å². The Labute approximate surface area is 120 Å². The topological polar surface area (TPSA) is 12.9 Å². The van der Waals surface area contributed by atoms with E-state index in [1.807, 2.05) is 6.07 Å². The highest BCUT2D eigenvalue weighted by atomic mass is 32.2. The van der Waals surface area contributed by atoms with Crippen LogP contribution in [0.2, 0.25) is 0 Å². The molecule has 0 amide bonds. The molecule has 0 unspecified atom stereocenters. The molecule has 1 heterocycles. The fourth-order valence-electron chi connectivity index (χ4n) is 1.96. The fraction of sp³-hybridized carbons (Fsp3) is 0.400. The van der Waals surface area contributed by atoms with Gasteiger partial charge in [-0.1, -0.05) is 25.8 Å². The minimum Gasteiger partial charge on any atom is -0.256 e. The minimum absolute atomic E-state index is 0.403. The second kappa shape index (κ2) is 6.48. The molecule has 2 rings (SSSR count). The van der Waals surface area contributed by atoms with E-state index in [4.69, 9.17) is 0 Å². The highest BCUT2D eigenvalue weighted by Gasteiger charge is 2.30. The van der Waals surface area contributed by atoms with Gasteiger partial charge in [0.05, 0.1) is 11.1 Å². The lowest BCUT2D eigenvalue weighted by atomic mass is 10.1. The van der Waals surface area contributed by atoms with Gasteiger partial charge in [-0.05, 0) is 30.4 Å². The van der Waals surface area contributed by atoms with Gasteiger partial charge in [0, 0.05) is 16.5 Å². The molecule has 0 saturated carbocycles. The zero-order valence-electron chi connectivity index (χ0n) is 11.2. The highest BCUT2D eigenvalue weighted by Crippen LogP contribution is 2.33. The summed E-state index contributed by atoms with van der Waals surface area (Å²) < 4.78 is 38.0. The maximum Gasteiger partial charge on any atom is 0.416 e. The normalized spacial score (nSPS) is 12.0. The molecule has 0 aliphatic heterocycles. The largest absolute Gasteiger partial charge is 0.416 e. The van der Waals surface area contributed by atoms with Crippen LogP contribution in [-0.4, -0.2) is 10.7 Å². The van der Waals surface area contributed by atoms with Gasteiger partial charge in [-0.3, -0.25) is 4.98 Å². The molecule has 0 saturated heterocycles. The number of pyridine rings is 1. The Morgan fingerprint density at radius 1 is 1.15 bits per heavy atom. The average molecular weight is 299 g/mol. The second-order valence-electron chi connectivity index (χ2n) is 4.59. The van der Waals surface area contributed by atoms with Gasteiger partial charge < -0.3 is 0 Å². The van der Waals surface area contributed by atoms with Crippen molar-refractivity contribution in [3.05, 3.63) is 36.0 Å². The second-order valence-corrected chi connectivity index (χ2v) is 5.73. The van der Waals surface area contributed by atoms with Crippen LogP contribution in [0, 0.1) is 0 Å². The maximum atomic E-state index is 12.7. The van der Waals surface area contributed by atoms with Crippen molar-refractivity contribution in [2.75, 3.05) is 5.75 Å².